The molecular weight excluding hydrogens is 372 g/mol. The number of anilines is 2. The number of nitrogens with one attached hydrogen (secondary N) is 2. The van der Waals surface area contributed by atoms with E-state index in [2.05, 4.69) is 26.2 Å². The van der Waals surface area contributed by atoms with E-state index in [-0.39, 0.29) is 5.91 Å². The summed E-state index contributed by atoms with van der Waals surface area (Å²) >= 11 is 1.40. The van der Waals surface area contributed by atoms with Gasteiger partial charge in [-0.3, -0.25) is 4.79 Å². The zero-order valence-electron chi connectivity index (χ0n) is 16.1. The van der Waals surface area contributed by atoms with Gasteiger partial charge < -0.3 is 10.6 Å². The zero-order valence-corrected chi connectivity index (χ0v) is 17.0. The molecule has 150 valence electrons. The number of carbonyl (C=O) groups is 1. The van der Waals surface area contributed by atoms with Gasteiger partial charge in [-0.1, -0.05) is 43.9 Å². The molecule has 0 bridgehead atoms. The molecule has 1 aromatic heterocycles. The van der Waals surface area contributed by atoms with E-state index >= 15 is 0 Å². The number of hydrogen-bond acceptors (Lipinski definition) is 6. The number of thioether (sulfide) groups is 1. The van der Waals surface area contributed by atoms with Crippen LogP contribution in [0.25, 0.3) is 0 Å². The molecule has 2 N–H and O–H groups in total. The highest BCUT2D eigenvalue weighted by molar-refractivity contribution is 7.99. The molecule has 0 atom stereocenters. The average molecular weight is 401 g/mol. The summed E-state index contributed by atoms with van der Waals surface area (Å²) in [6.07, 6.45) is 11.2. The number of aromatic nitrogens is 4. The average Bonchev–Trinajstić information content (AvgIpc) is 3.40. The molecule has 2 fully saturated rings. The van der Waals surface area contributed by atoms with Gasteiger partial charge in [0.1, 0.15) is 0 Å². The molecule has 0 saturated heterocycles. The Morgan fingerprint density at radius 1 is 1.00 bits per heavy atom. The van der Waals surface area contributed by atoms with Crippen LogP contribution in [0.15, 0.2) is 29.4 Å². The number of carbonyl (C=O) groups excluding carboxylic acids is 1. The lowest BCUT2D eigenvalue weighted by atomic mass is 9.95. The van der Waals surface area contributed by atoms with Crippen LogP contribution in [0.5, 0.6) is 0 Å². The maximum atomic E-state index is 12.3. The van der Waals surface area contributed by atoms with Crippen molar-refractivity contribution in [3.8, 4) is 0 Å². The first-order chi connectivity index (χ1) is 13.8. The van der Waals surface area contributed by atoms with Gasteiger partial charge in [-0.2, -0.15) is 0 Å². The predicted molar refractivity (Wildman–Crippen MR) is 112 cm³/mol. The second-order valence-corrected chi connectivity index (χ2v) is 8.68. The van der Waals surface area contributed by atoms with E-state index in [9.17, 15) is 4.79 Å². The fraction of sp³-hybridized carbons (Fsp3) is 0.600. The highest BCUT2D eigenvalue weighted by Gasteiger charge is 2.22. The van der Waals surface area contributed by atoms with Crippen LogP contribution >= 0.6 is 11.8 Å². The smallest absolute Gasteiger partial charge is 0.234 e. The fourth-order valence-electron chi connectivity index (χ4n) is 4.12. The van der Waals surface area contributed by atoms with Gasteiger partial charge in [0.2, 0.25) is 11.1 Å². The van der Waals surface area contributed by atoms with E-state index in [1.54, 1.807) is 0 Å². The van der Waals surface area contributed by atoms with E-state index in [1.807, 2.05) is 28.9 Å². The standard InChI is InChI=1S/C20H28N6OS/c27-19(14-28-20-23-24-25-26(20)18-8-4-5-9-18)22-17-12-10-16(11-13-17)21-15-6-2-1-3-7-15/h10-13,15,18,21H,1-9,14H2,(H,22,27). The predicted octanol–water partition coefficient (Wildman–Crippen LogP) is 4.26. The minimum Gasteiger partial charge on any atom is -0.382 e. The third-order valence-electron chi connectivity index (χ3n) is 5.61. The van der Waals surface area contributed by atoms with E-state index in [0.29, 0.717) is 17.8 Å². The van der Waals surface area contributed by atoms with Crippen molar-refractivity contribution in [2.75, 3.05) is 16.4 Å². The van der Waals surface area contributed by atoms with Crippen LogP contribution in [0.4, 0.5) is 11.4 Å². The Labute approximate surface area is 170 Å². The van der Waals surface area contributed by atoms with Gasteiger partial charge in [0.25, 0.3) is 0 Å². The van der Waals surface area contributed by atoms with E-state index in [0.717, 1.165) is 29.4 Å². The Kier molecular flexibility index (Phi) is 6.46. The molecule has 1 aromatic carbocycles. The Balaban J connectivity index is 1.25. The van der Waals surface area contributed by atoms with Crippen molar-refractivity contribution in [2.45, 2.75) is 75.0 Å². The van der Waals surface area contributed by atoms with Crippen LogP contribution in [0.3, 0.4) is 0 Å². The molecular formula is C20H28N6OS. The number of amides is 1. The van der Waals surface area contributed by atoms with Gasteiger partial charge >= 0.3 is 0 Å². The van der Waals surface area contributed by atoms with Crippen LogP contribution in [0.2, 0.25) is 0 Å². The molecule has 7 nitrogen and oxygen atoms in total. The summed E-state index contributed by atoms with van der Waals surface area (Å²) in [5, 5.41) is 19.3. The third kappa shape index (κ3) is 5.04. The van der Waals surface area contributed by atoms with Crippen LogP contribution in [0, 0.1) is 0 Å². The lowest BCUT2D eigenvalue weighted by Crippen LogP contribution is -2.22. The second kappa shape index (κ2) is 9.41. The summed E-state index contributed by atoms with van der Waals surface area (Å²) in [6, 6.07) is 8.95. The lowest BCUT2D eigenvalue weighted by molar-refractivity contribution is -0.113. The maximum Gasteiger partial charge on any atom is 0.234 e. The molecule has 0 aliphatic heterocycles. The van der Waals surface area contributed by atoms with Gasteiger partial charge in [0.15, 0.2) is 0 Å². The number of benzene rings is 1. The zero-order chi connectivity index (χ0) is 19.2. The molecule has 1 amide bonds. The number of nitrogens with zero attached hydrogens (tertiary/aromatic N) is 4. The highest BCUT2D eigenvalue weighted by Crippen LogP contribution is 2.31. The largest absolute Gasteiger partial charge is 0.382 e. The van der Waals surface area contributed by atoms with Gasteiger partial charge in [0, 0.05) is 17.4 Å². The van der Waals surface area contributed by atoms with Gasteiger partial charge in [0.05, 0.1) is 11.8 Å². The topological polar surface area (TPSA) is 84.7 Å². The molecule has 4 rings (SSSR count). The first-order valence-electron chi connectivity index (χ1n) is 10.3. The van der Waals surface area contributed by atoms with Crippen molar-refractivity contribution in [2.24, 2.45) is 0 Å². The van der Waals surface area contributed by atoms with Crippen molar-refractivity contribution in [3.05, 3.63) is 24.3 Å². The molecule has 28 heavy (non-hydrogen) atoms. The van der Waals surface area contributed by atoms with Gasteiger partial charge in [-0.15, -0.1) is 5.10 Å². The molecule has 2 aliphatic rings. The van der Waals surface area contributed by atoms with Gasteiger partial charge in [-0.05, 0) is 60.4 Å². The van der Waals surface area contributed by atoms with E-state index < -0.39 is 0 Å². The second-order valence-electron chi connectivity index (χ2n) is 7.74. The molecule has 0 radical (unpaired) electrons. The molecule has 0 spiro atoms. The Hall–Kier alpha value is -2.09. The fourth-order valence-corrected chi connectivity index (χ4v) is 4.86. The van der Waals surface area contributed by atoms with Gasteiger partial charge in [-0.25, -0.2) is 4.68 Å². The van der Waals surface area contributed by atoms with Crippen molar-refractivity contribution in [3.63, 3.8) is 0 Å². The van der Waals surface area contributed by atoms with Crippen molar-refractivity contribution in [1.82, 2.24) is 20.2 Å². The Morgan fingerprint density at radius 2 is 1.68 bits per heavy atom. The number of hydrogen-bond donors (Lipinski definition) is 2. The quantitative estimate of drug-likeness (QED) is 0.676. The summed E-state index contributed by atoms with van der Waals surface area (Å²) in [7, 11) is 0. The van der Waals surface area contributed by atoms with E-state index in [4.69, 9.17) is 0 Å². The summed E-state index contributed by atoms with van der Waals surface area (Å²) in [4.78, 5) is 12.3. The molecule has 8 heteroatoms. The monoisotopic (exact) mass is 400 g/mol. The van der Waals surface area contributed by atoms with Crippen LogP contribution in [-0.2, 0) is 4.79 Å². The van der Waals surface area contributed by atoms with Crippen molar-refractivity contribution >= 4 is 29.0 Å². The van der Waals surface area contributed by atoms with E-state index in [1.165, 1.54) is 56.7 Å². The first kappa shape index (κ1) is 19.2. The van der Waals surface area contributed by atoms with Crippen molar-refractivity contribution in [1.29, 1.82) is 0 Å². The van der Waals surface area contributed by atoms with Crippen molar-refractivity contribution < 1.29 is 4.79 Å². The third-order valence-corrected chi connectivity index (χ3v) is 6.54. The number of rotatable bonds is 7. The molecule has 0 unspecified atom stereocenters. The summed E-state index contributed by atoms with van der Waals surface area (Å²) in [6.45, 7) is 0. The van der Waals surface area contributed by atoms with Crippen LogP contribution in [-0.4, -0.2) is 37.9 Å². The Bertz CT molecular complexity index is 765. The molecule has 2 saturated carbocycles. The highest BCUT2D eigenvalue weighted by atomic mass is 32.2. The van der Waals surface area contributed by atoms with Crippen LogP contribution in [0.1, 0.15) is 63.8 Å². The normalized spacial score (nSPS) is 18.3. The molecule has 2 aromatic rings. The first-order valence-corrected chi connectivity index (χ1v) is 11.3. The van der Waals surface area contributed by atoms with Crippen LogP contribution < -0.4 is 10.6 Å². The molecule has 1 heterocycles. The summed E-state index contributed by atoms with van der Waals surface area (Å²) in [5.41, 5.74) is 1.94. The SMILES string of the molecule is O=C(CSc1nnnn1C1CCCC1)Nc1ccc(NC2CCCCC2)cc1. The lowest BCUT2D eigenvalue weighted by Gasteiger charge is -2.23. The summed E-state index contributed by atoms with van der Waals surface area (Å²) < 4.78 is 1.89. The molecule has 2 aliphatic carbocycles. The number of tetrazole rings is 1. The summed E-state index contributed by atoms with van der Waals surface area (Å²) in [5.74, 6) is 0.258. The minimum absolute atomic E-state index is 0.0426. The maximum absolute atomic E-state index is 12.3. The minimum atomic E-state index is -0.0426. The Morgan fingerprint density at radius 3 is 2.43 bits per heavy atom.